The highest BCUT2D eigenvalue weighted by atomic mass is 32.1. The second-order valence-corrected chi connectivity index (χ2v) is 4.03. The lowest BCUT2D eigenvalue weighted by Crippen LogP contribution is -2.38. The first-order valence-corrected chi connectivity index (χ1v) is 6.12. The zero-order valence-electron chi connectivity index (χ0n) is 10.5. The Balaban J connectivity index is 2.94. The van der Waals surface area contributed by atoms with E-state index in [-0.39, 0.29) is 17.4 Å². The predicted octanol–water partition coefficient (Wildman–Crippen LogP) is 0.0732. The van der Waals surface area contributed by atoms with E-state index in [1.165, 1.54) is 6.33 Å². The van der Waals surface area contributed by atoms with Gasteiger partial charge in [-0.15, -0.1) is 0 Å². The van der Waals surface area contributed by atoms with E-state index in [1.807, 2.05) is 13.8 Å². The van der Waals surface area contributed by atoms with Gasteiger partial charge in [0.1, 0.15) is 17.1 Å². The summed E-state index contributed by atoms with van der Waals surface area (Å²) in [4.78, 5) is 21.7. The number of nitrogens with one attached hydrogen (secondary N) is 1. The van der Waals surface area contributed by atoms with E-state index in [0.717, 1.165) is 0 Å². The Labute approximate surface area is 112 Å². The molecular formula is C11H17N5OS. The van der Waals surface area contributed by atoms with Crippen LogP contribution >= 0.6 is 12.2 Å². The van der Waals surface area contributed by atoms with Crippen LogP contribution in [0.4, 0.5) is 5.82 Å². The Morgan fingerprint density at radius 3 is 2.83 bits per heavy atom. The lowest BCUT2D eigenvalue weighted by atomic mass is 10.3. The molecule has 0 aliphatic heterocycles. The minimum absolute atomic E-state index is 0.0631. The average Bonchev–Trinajstić information content (AvgIpc) is 2.36. The molecule has 98 valence electrons. The zero-order valence-corrected chi connectivity index (χ0v) is 11.3. The molecule has 0 radical (unpaired) electrons. The van der Waals surface area contributed by atoms with Crippen LogP contribution in [0.2, 0.25) is 0 Å². The van der Waals surface area contributed by atoms with Crippen LogP contribution in [0.3, 0.4) is 0 Å². The molecule has 0 saturated carbocycles. The maximum absolute atomic E-state index is 11.6. The summed E-state index contributed by atoms with van der Waals surface area (Å²) in [6.07, 6.45) is 2.97. The molecule has 0 aliphatic rings. The van der Waals surface area contributed by atoms with Gasteiger partial charge in [0.2, 0.25) is 5.91 Å². The van der Waals surface area contributed by atoms with Gasteiger partial charge in [-0.25, -0.2) is 9.97 Å². The Morgan fingerprint density at radius 1 is 1.56 bits per heavy atom. The van der Waals surface area contributed by atoms with Crippen LogP contribution in [0.1, 0.15) is 19.4 Å². The number of anilines is 1. The van der Waals surface area contributed by atoms with Gasteiger partial charge in [-0.1, -0.05) is 12.2 Å². The first-order chi connectivity index (χ1) is 8.60. The highest BCUT2D eigenvalue weighted by Crippen LogP contribution is 2.15. The minimum Gasteiger partial charge on any atom is -0.389 e. The van der Waals surface area contributed by atoms with Crippen LogP contribution in [0, 0.1) is 0 Å². The van der Waals surface area contributed by atoms with Crippen LogP contribution < -0.4 is 16.0 Å². The van der Waals surface area contributed by atoms with Crippen molar-refractivity contribution in [1.29, 1.82) is 0 Å². The second-order valence-electron chi connectivity index (χ2n) is 3.59. The summed E-state index contributed by atoms with van der Waals surface area (Å²) < 4.78 is 0. The summed E-state index contributed by atoms with van der Waals surface area (Å²) in [6, 6.07) is 0. The van der Waals surface area contributed by atoms with Gasteiger partial charge in [-0.05, 0) is 13.8 Å². The summed E-state index contributed by atoms with van der Waals surface area (Å²) in [5.41, 5.74) is 6.20. The summed E-state index contributed by atoms with van der Waals surface area (Å²) in [5.74, 6) is 0.526. The van der Waals surface area contributed by atoms with E-state index in [2.05, 4.69) is 15.3 Å². The SMILES string of the molecule is CCNC(=O)CN(CC)c1ncncc1C(N)=S. The standard InChI is InChI=1S/C11H17N5OS/c1-3-14-9(17)6-16(4-2)11-8(10(12)18)5-13-7-15-11/h5,7H,3-4,6H2,1-2H3,(H2,12,18)(H,14,17). The summed E-state index contributed by atoms with van der Waals surface area (Å²) in [7, 11) is 0. The highest BCUT2D eigenvalue weighted by molar-refractivity contribution is 7.80. The van der Waals surface area contributed by atoms with Crippen molar-refractivity contribution in [3.05, 3.63) is 18.1 Å². The molecule has 0 bridgehead atoms. The van der Waals surface area contributed by atoms with E-state index in [0.29, 0.717) is 24.5 Å². The molecule has 0 spiro atoms. The molecule has 7 heteroatoms. The molecule has 3 N–H and O–H groups in total. The smallest absolute Gasteiger partial charge is 0.239 e. The monoisotopic (exact) mass is 267 g/mol. The fourth-order valence-corrected chi connectivity index (χ4v) is 1.66. The van der Waals surface area contributed by atoms with Gasteiger partial charge >= 0.3 is 0 Å². The van der Waals surface area contributed by atoms with E-state index in [1.54, 1.807) is 11.1 Å². The largest absolute Gasteiger partial charge is 0.389 e. The van der Waals surface area contributed by atoms with Crippen molar-refractivity contribution < 1.29 is 4.79 Å². The van der Waals surface area contributed by atoms with Gasteiger partial charge in [0.15, 0.2) is 0 Å². The maximum Gasteiger partial charge on any atom is 0.239 e. The Bertz CT molecular complexity index is 437. The number of hydrogen-bond donors (Lipinski definition) is 2. The van der Waals surface area contributed by atoms with E-state index in [9.17, 15) is 4.79 Å². The molecule has 1 aromatic rings. The zero-order chi connectivity index (χ0) is 13.5. The first kappa shape index (κ1) is 14.3. The van der Waals surface area contributed by atoms with Crippen molar-refractivity contribution in [2.45, 2.75) is 13.8 Å². The number of carbonyl (C=O) groups is 1. The molecule has 6 nitrogen and oxygen atoms in total. The number of hydrogen-bond acceptors (Lipinski definition) is 5. The Hall–Kier alpha value is -1.76. The summed E-state index contributed by atoms with van der Waals surface area (Å²) >= 11 is 4.95. The summed E-state index contributed by atoms with van der Waals surface area (Å²) in [5, 5.41) is 2.74. The third kappa shape index (κ3) is 3.63. The molecule has 0 aromatic carbocycles. The van der Waals surface area contributed by atoms with Gasteiger partial charge in [-0.3, -0.25) is 4.79 Å². The van der Waals surface area contributed by atoms with Crippen LogP contribution in [0.5, 0.6) is 0 Å². The molecule has 1 rings (SSSR count). The number of thiocarbonyl (C=S) groups is 1. The fraction of sp³-hybridized carbons (Fsp3) is 0.455. The van der Waals surface area contributed by atoms with Gasteiger partial charge in [-0.2, -0.15) is 0 Å². The van der Waals surface area contributed by atoms with Crippen molar-refractivity contribution in [1.82, 2.24) is 15.3 Å². The van der Waals surface area contributed by atoms with Gasteiger partial charge < -0.3 is 16.0 Å². The number of nitrogens with two attached hydrogens (primary N) is 1. The number of rotatable bonds is 6. The molecule has 0 atom stereocenters. The van der Waals surface area contributed by atoms with Crippen LogP contribution in [-0.4, -0.2) is 40.5 Å². The van der Waals surface area contributed by atoms with Gasteiger partial charge in [0.05, 0.1) is 12.1 Å². The van der Waals surface area contributed by atoms with Crippen molar-refractivity contribution in [3.63, 3.8) is 0 Å². The fourth-order valence-electron chi connectivity index (χ4n) is 1.51. The second kappa shape index (κ2) is 6.85. The molecule has 1 heterocycles. The highest BCUT2D eigenvalue weighted by Gasteiger charge is 2.15. The summed E-state index contributed by atoms with van der Waals surface area (Å²) in [6.45, 7) is 5.26. The molecule has 1 amide bonds. The van der Waals surface area contributed by atoms with Crippen molar-refractivity contribution in [2.75, 3.05) is 24.5 Å². The topological polar surface area (TPSA) is 84.1 Å². The molecule has 0 saturated heterocycles. The lowest BCUT2D eigenvalue weighted by Gasteiger charge is -2.22. The van der Waals surface area contributed by atoms with E-state index in [4.69, 9.17) is 18.0 Å². The van der Waals surface area contributed by atoms with Crippen molar-refractivity contribution in [2.24, 2.45) is 5.73 Å². The third-order valence-electron chi connectivity index (χ3n) is 2.35. The number of nitrogens with zero attached hydrogens (tertiary/aromatic N) is 3. The van der Waals surface area contributed by atoms with Crippen LogP contribution in [0.15, 0.2) is 12.5 Å². The molecule has 0 aliphatic carbocycles. The average molecular weight is 267 g/mol. The van der Waals surface area contributed by atoms with Gasteiger partial charge in [0, 0.05) is 19.3 Å². The molecular weight excluding hydrogens is 250 g/mol. The Kier molecular flexibility index (Phi) is 5.44. The number of amides is 1. The minimum atomic E-state index is -0.0631. The van der Waals surface area contributed by atoms with Gasteiger partial charge in [0.25, 0.3) is 0 Å². The molecule has 0 unspecified atom stereocenters. The normalized spacial score (nSPS) is 9.89. The van der Waals surface area contributed by atoms with E-state index >= 15 is 0 Å². The predicted molar refractivity (Wildman–Crippen MR) is 74.5 cm³/mol. The number of aromatic nitrogens is 2. The van der Waals surface area contributed by atoms with E-state index < -0.39 is 0 Å². The first-order valence-electron chi connectivity index (χ1n) is 5.71. The molecule has 0 fully saturated rings. The third-order valence-corrected chi connectivity index (χ3v) is 2.57. The van der Waals surface area contributed by atoms with Crippen molar-refractivity contribution >= 4 is 28.9 Å². The van der Waals surface area contributed by atoms with Crippen LogP contribution in [0.25, 0.3) is 0 Å². The number of likely N-dealkylation sites (N-methyl/N-ethyl adjacent to an activating group) is 2. The maximum atomic E-state index is 11.6. The molecule has 1 aromatic heterocycles. The quantitative estimate of drug-likeness (QED) is 0.710. The van der Waals surface area contributed by atoms with Crippen LogP contribution in [-0.2, 0) is 4.79 Å². The number of carbonyl (C=O) groups excluding carboxylic acids is 1. The van der Waals surface area contributed by atoms with Crippen molar-refractivity contribution in [3.8, 4) is 0 Å². The Morgan fingerprint density at radius 2 is 2.28 bits per heavy atom. The molecule has 18 heavy (non-hydrogen) atoms. The lowest BCUT2D eigenvalue weighted by molar-refractivity contribution is -0.119.